The van der Waals surface area contributed by atoms with Crippen LogP contribution < -0.4 is 5.32 Å². The highest BCUT2D eigenvalue weighted by Gasteiger charge is 2.36. The van der Waals surface area contributed by atoms with Crippen molar-refractivity contribution in [3.63, 3.8) is 0 Å². The molecule has 1 fully saturated rings. The van der Waals surface area contributed by atoms with E-state index < -0.39 is 0 Å². The fourth-order valence-electron chi connectivity index (χ4n) is 2.05. The lowest BCUT2D eigenvalue weighted by Crippen LogP contribution is -2.47. The molecule has 0 aliphatic heterocycles. The van der Waals surface area contributed by atoms with Crippen LogP contribution in [0.4, 0.5) is 0 Å². The summed E-state index contributed by atoms with van der Waals surface area (Å²) in [6, 6.07) is 4.17. The van der Waals surface area contributed by atoms with Crippen molar-refractivity contribution in [3.05, 3.63) is 29.6 Å². The number of hydrogen-bond donors (Lipinski definition) is 1. The van der Waals surface area contributed by atoms with Crippen molar-refractivity contribution in [2.75, 3.05) is 13.7 Å². The standard InChI is InChI=1S/C13H20N2O/c1-11-4-5-12(15-8-11)9-14-10-13(16-2)6-3-7-13/h4-5,8,14H,3,6-7,9-10H2,1-2H3. The number of hydrogen-bond acceptors (Lipinski definition) is 3. The van der Waals surface area contributed by atoms with Crippen molar-refractivity contribution < 1.29 is 4.74 Å². The van der Waals surface area contributed by atoms with E-state index in [0.717, 1.165) is 18.8 Å². The molecule has 1 aromatic rings. The highest BCUT2D eigenvalue weighted by Crippen LogP contribution is 2.34. The number of aromatic nitrogens is 1. The van der Waals surface area contributed by atoms with E-state index in [-0.39, 0.29) is 5.60 Å². The highest BCUT2D eigenvalue weighted by atomic mass is 16.5. The van der Waals surface area contributed by atoms with Crippen molar-refractivity contribution in [3.8, 4) is 0 Å². The smallest absolute Gasteiger partial charge is 0.0802 e. The largest absolute Gasteiger partial charge is 0.377 e. The Hall–Kier alpha value is -0.930. The van der Waals surface area contributed by atoms with Gasteiger partial charge in [0.1, 0.15) is 0 Å². The van der Waals surface area contributed by atoms with Crippen LogP contribution in [0, 0.1) is 6.92 Å². The Labute approximate surface area is 97.2 Å². The van der Waals surface area contributed by atoms with Gasteiger partial charge >= 0.3 is 0 Å². The summed E-state index contributed by atoms with van der Waals surface area (Å²) in [4.78, 5) is 4.36. The van der Waals surface area contributed by atoms with Crippen LogP contribution in [0.5, 0.6) is 0 Å². The van der Waals surface area contributed by atoms with Crippen LogP contribution in [0.15, 0.2) is 18.3 Å². The molecule has 16 heavy (non-hydrogen) atoms. The Morgan fingerprint density at radius 1 is 1.44 bits per heavy atom. The average molecular weight is 220 g/mol. The van der Waals surface area contributed by atoms with Crippen LogP contribution in [0.1, 0.15) is 30.5 Å². The number of aryl methyl sites for hydroxylation is 1. The van der Waals surface area contributed by atoms with Crippen LogP contribution in [0.3, 0.4) is 0 Å². The second kappa shape index (κ2) is 4.93. The molecule has 3 nitrogen and oxygen atoms in total. The van der Waals surface area contributed by atoms with E-state index in [4.69, 9.17) is 4.74 Å². The van der Waals surface area contributed by atoms with Crippen molar-refractivity contribution in [2.24, 2.45) is 0 Å². The molecule has 1 heterocycles. The van der Waals surface area contributed by atoms with Gasteiger partial charge in [0.25, 0.3) is 0 Å². The van der Waals surface area contributed by atoms with Crippen LogP contribution in [-0.4, -0.2) is 24.2 Å². The molecule has 0 atom stereocenters. The molecular weight excluding hydrogens is 200 g/mol. The van der Waals surface area contributed by atoms with Gasteiger partial charge in [-0.05, 0) is 37.8 Å². The van der Waals surface area contributed by atoms with Gasteiger partial charge < -0.3 is 10.1 Å². The lowest BCUT2D eigenvalue weighted by Gasteiger charge is -2.40. The molecule has 0 saturated heterocycles. The fraction of sp³-hybridized carbons (Fsp3) is 0.615. The van der Waals surface area contributed by atoms with Gasteiger partial charge in [-0.2, -0.15) is 0 Å². The minimum absolute atomic E-state index is 0.102. The molecular formula is C13H20N2O. The Kier molecular flexibility index (Phi) is 3.56. The van der Waals surface area contributed by atoms with Gasteiger partial charge in [0.15, 0.2) is 0 Å². The summed E-state index contributed by atoms with van der Waals surface area (Å²) in [6.45, 7) is 3.81. The summed E-state index contributed by atoms with van der Waals surface area (Å²) in [5.74, 6) is 0. The lowest BCUT2D eigenvalue weighted by atomic mass is 9.80. The molecule has 0 radical (unpaired) electrons. The molecule has 1 N–H and O–H groups in total. The van der Waals surface area contributed by atoms with E-state index in [1.807, 2.05) is 13.3 Å². The zero-order chi connectivity index (χ0) is 11.4. The molecule has 1 aliphatic rings. The second-order valence-corrected chi connectivity index (χ2v) is 4.67. The number of methoxy groups -OCH3 is 1. The summed E-state index contributed by atoms with van der Waals surface area (Å²) in [5, 5.41) is 3.43. The fourth-order valence-corrected chi connectivity index (χ4v) is 2.05. The predicted octanol–water partition coefficient (Wildman–Crippen LogP) is 2.05. The van der Waals surface area contributed by atoms with Gasteiger partial charge in [-0.1, -0.05) is 6.07 Å². The molecule has 1 aliphatic carbocycles. The van der Waals surface area contributed by atoms with E-state index in [1.165, 1.54) is 24.8 Å². The van der Waals surface area contributed by atoms with Crippen LogP contribution in [0.2, 0.25) is 0 Å². The Bertz CT molecular complexity index is 325. The Balaban J connectivity index is 1.77. The number of nitrogens with zero attached hydrogens (tertiary/aromatic N) is 1. The minimum atomic E-state index is 0.102. The first-order chi connectivity index (χ1) is 7.74. The van der Waals surface area contributed by atoms with Gasteiger partial charge in [0, 0.05) is 26.4 Å². The quantitative estimate of drug-likeness (QED) is 0.824. The number of rotatable bonds is 5. The first-order valence-electron chi connectivity index (χ1n) is 5.91. The Morgan fingerprint density at radius 2 is 2.25 bits per heavy atom. The van der Waals surface area contributed by atoms with E-state index in [2.05, 4.69) is 29.4 Å². The van der Waals surface area contributed by atoms with E-state index in [9.17, 15) is 0 Å². The maximum atomic E-state index is 5.55. The SMILES string of the molecule is COC1(CNCc2ccc(C)cn2)CCC1. The van der Waals surface area contributed by atoms with Crippen LogP contribution >= 0.6 is 0 Å². The normalized spacial score (nSPS) is 18.1. The van der Waals surface area contributed by atoms with Gasteiger partial charge in [-0.3, -0.25) is 4.98 Å². The minimum Gasteiger partial charge on any atom is -0.377 e. The monoisotopic (exact) mass is 220 g/mol. The molecule has 1 aromatic heterocycles. The molecule has 2 rings (SSSR count). The number of pyridine rings is 1. The molecule has 0 spiro atoms. The molecule has 1 saturated carbocycles. The lowest BCUT2D eigenvalue weighted by molar-refractivity contribution is -0.0695. The maximum Gasteiger partial charge on any atom is 0.0802 e. The van der Waals surface area contributed by atoms with Crippen molar-refractivity contribution in [1.29, 1.82) is 0 Å². The zero-order valence-corrected chi connectivity index (χ0v) is 10.1. The summed E-state index contributed by atoms with van der Waals surface area (Å²) in [7, 11) is 1.81. The number of ether oxygens (including phenoxy) is 1. The Morgan fingerprint density at radius 3 is 2.75 bits per heavy atom. The third-order valence-corrected chi connectivity index (χ3v) is 3.42. The summed E-state index contributed by atoms with van der Waals surface area (Å²) in [5.41, 5.74) is 2.40. The first kappa shape index (κ1) is 11.6. The molecule has 0 unspecified atom stereocenters. The third-order valence-electron chi connectivity index (χ3n) is 3.42. The van der Waals surface area contributed by atoms with Gasteiger partial charge in [0.05, 0.1) is 11.3 Å². The molecule has 0 amide bonds. The van der Waals surface area contributed by atoms with E-state index in [1.54, 1.807) is 0 Å². The number of nitrogens with one attached hydrogen (secondary N) is 1. The van der Waals surface area contributed by atoms with Crippen molar-refractivity contribution in [1.82, 2.24) is 10.3 Å². The van der Waals surface area contributed by atoms with Crippen molar-refractivity contribution in [2.45, 2.75) is 38.3 Å². The van der Waals surface area contributed by atoms with Gasteiger partial charge in [0.2, 0.25) is 0 Å². The van der Waals surface area contributed by atoms with Gasteiger partial charge in [-0.25, -0.2) is 0 Å². The first-order valence-corrected chi connectivity index (χ1v) is 5.91. The van der Waals surface area contributed by atoms with Crippen molar-refractivity contribution >= 4 is 0 Å². The van der Waals surface area contributed by atoms with Crippen LogP contribution in [-0.2, 0) is 11.3 Å². The molecule has 3 heteroatoms. The molecule has 88 valence electrons. The molecule has 0 bridgehead atoms. The zero-order valence-electron chi connectivity index (χ0n) is 10.1. The average Bonchev–Trinajstić information content (AvgIpc) is 2.25. The maximum absolute atomic E-state index is 5.55. The van der Waals surface area contributed by atoms with Crippen LogP contribution in [0.25, 0.3) is 0 Å². The van der Waals surface area contributed by atoms with Gasteiger partial charge in [-0.15, -0.1) is 0 Å². The van der Waals surface area contributed by atoms with E-state index in [0.29, 0.717) is 0 Å². The summed E-state index contributed by atoms with van der Waals surface area (Å²) >= 11 is 0. The molecule has 0 aromatic carbocycles. The highest BCUT2D eigenvalue weighted by molar-refractivity contribution is 5.12. The summed E-state index contributed by atoms with van der Waals surface area (Å²) in [6.07, 6.45) is 5.56. The second-order valence-electron chi connectivity index (χ2n) is 4.67. The third kappa shape index (κ3) is 2.60. The predicted molar refractivity (Wildman–Crippen MR) is 64.3 cm³/mol. The topological polar surface area (TPSA) is 34.1 Å². The van der Waals surface area contributed by atoms with E-state index >= 15 is 0 Å². The summed E-state index contributed by atoms with van der Waals surface area (Å²) < 4.78 is 5.55.